The van der Waals surface area contributed by atoms with Crippen LogP contribution in [0.1, 0.15) is 37.3 Å². The zero-order valence-corrected chi connectivity index (χ0v) is 10.3. The molecule has 0 heterocycles. The maximum absolute atomic E-state index is 5.80. The third-order valence-corrected chi connectivity index (χ3v) is 3.08. The smallest absolute Gasteiger partial charge is 0.0474 e. The van der Waals surface area contributed by atoms with E-state index in [-0.39, 0.29) is 0 Å². The Labute approximate surface area is 93.4 Å². The third kappa shape index (κ3) is 2.99. The summed E-state index contributed by atoms with van der Waals surface area (Å²) < 4.78 is 1.13. The van der Waals surface area contributed by atoms with Gasteiger partial charge in [0.25, 0.3) is 0 Å². The Hall–Kier alpha value is -0.0100. The van der Waals surface area contributed by atoms with Crippen LogP contribution in [0.3, 0.4) is 0 Å². The van der Waals surface area contributed by atoms with Crippen molar-refractivity contribution in [3.05, 3.63) is 33.8 Å². The molecule has 0 bridgehead atoms. The molecule has 0 saturated heterocycles. The Balaban J connectivity index is 3.01. The zero-order valence-electron chi connectivity index (χ0n) is 7.98. The normalized spacial score (nSPS) is 12.9. The van der Waals surface area contributed by atoms with Crippen LogP contribution in [-0.2, 0) is 5.88 Å². The molecule has 0 N–H and O–H groups in total. The van der Waals surface area contributed by atoms with E-state index >= 15 is 0 Å². The molecule has 0 aliphatic carbocycles. The number of rotatable bonds is 3. The number of halogens is 2. The van der Waals surface area contributed by atoms with Crippen LogP contribution in [0.25, 0.3) is 0 Å². The lowest BCUT2D eigenvalue weighted by Gasteiger charge is -2.10. The van der Waals surface area contributed by atoms with E-state index in [1.807, 2.05) is 0 Å². The maximum Gasteiger partial charge on any atom is 0.0474 e. The van der Waals surface area contributed by atoms with Gasteiger partial charge in [0, 0.05) is 10.4 Å². The molecular formula is C11H14BrCl. The van der Waals surface area contributed by atoms with Gasteiger partial charge in [-0.3, -0.25) is 0 Å². The van der Waals surface area contributed by atoms with Gasteiger partial charge in [0.1, 0.15) is 0 Å². The summed E-state index contributed by atoms with van der Waals surface area (Å²) in [7, 11) is 0. The van der Waals surface area contributed by atoms with Crippen LogP contribution in [0.2, 0.25) is 0 Å². The van der Waals surface area contributed by atoms with Crippen molar-refractivity contribution in [1.82, 2.24) is 0 Å². The van der Waals surface area contributed by atoms with Gasteiger partial charge >= 0.3 is 0 Å². The summed E-state index contributed by atoms with van der Waals surface area (Å²) in [6.07, 6.45) is 1.16. The maximum atomic E-state index is 5.80. The van der Waals surface area contributed by atoms with Crippen molar-refractivity contribution in [2.75, 3.05) is 0 Å². The fourth-order valence-electron chi connectivity index (χ4n) is 1.27. The lowest BCUT2D eigenvalue weighted by Crippen LogP contribution is -1.92. The fraction of sp³-hybridized carbons (Fsp3) is 0.455. The summed E-state index contributed by atoms with van der Waals surface area (Å²) in [5, 5.41) is 0. The number of benzene rings is 1. The Bertz CT molecular complexity index is 283. The summed E-state index contributed by atoms with van der Waals surface area (Å²) >= 11 is 9.29. The summed E-state index contributed by atoms with van der Waals surface area (Å²) in [4.78, 5) is 0. The van der Waals surface area contributed by atoms with Crippen LogP contribution in [0.15, 0.2) is 22.7 Å². The highest BCUT2D eigenvalue weighted by atomic mass is 79.9. The van der Waals surface area contributed by atoms with Gasteiger partial charge in [0.2, 0.25) is 0 Å². The minimum atomic E-state index is 0.586. The first kappa shape index (κ1) is 11.1. The Morgan fingerprint density at radius 1 is 1.38 bits per heavy atom. The highest BCUT2D eigenvalue weighted by Crippen LogP contribution is 2.24. The van der Waals surface area contributed by atoms with Crippen molar-refractivity contribution in [3.63, 3.8) is 0 Å². The summed E-state index contributed by atoms with van der Waals surface area (Å²) in [5.41, 5.74) is 2.55. The zero-order chi connectivity index (χ0) is 9.84. The molecule has 0 aromatic heterocycles. The molecule has 72 valence electrons. The van der Waals surface area contributed by atoms with Crippen molar-refractivity contribution in [2.45, 2.75) is 32.1 Å². The SMILES string of the molecule is CCC(C)c1cc(Br)cc(CCl)c1. The first-order chi connectivity index (χ1) is 6.17. The van der Waals surface area contributed by atoms with Gasteiger partial charge in [-0.05, 0) is 35.6 Å². The van der Waals surface area contributed by atoms with Crippen molar-refractivity contribution in [1.29, 1.82) is 0 Å². The van der Waals surface area contributed by atoms with E-state index in [2.05, 4.69) is 48.0 Å². The number of hydrogen-bond acceptors (Lipinski definition) is 0. The molecule has 1 rings (SSSR count). The predicted molar refractivity (Wildman–Crippen MR) is 62.4 cm³/mol. The van der Waals surface area contributed by atoms with E-state index < -0.39 is 0 Å². The molecule has 2 heteroatoms. The lowest BCUT2D eigenvalue weighted by molar-refractivity contribution is 0.732. The van der Waals surface area contributed by atoms with Crippen molar-refractivity contribution < 1.29 is 0 Å². The molecule has 1 unspecified atom stereocenters. The van der Waals surface area contributed by atoms with Crippen LogP contribution in [0.5, 0.6) is 0 Å². The highest BCUT2D eigenvalue weighted by molar-refractivity contribution is 9.10. The average Bonchev–Trinajstić information content (AvgIpc) is 2.15. The van der Waals surface area contributed by atoms with Gasteiger partial charge in [-0.15, -0.1) is 11.6 Å². The van der Waals surface area contributed by atoms with Gasteiger partial charge in [-0.2, -0.15) is 0 Å². The molecular weight excluding hydrogens is 247 g/mol. The summed E-state index contributed by atoms with van der Waals surface area (Å²) in [6.45, 7) is 4.44. The first-order valence-electron chi connectivity index (χ1n) is 4.52. The van der Waals surface area contributed by atoms with Crippen molar-refractivity contribution in [2.24, 2.45) is 0 Å². The van der Waals surface area contributed by atoms with E-state index in [1.165, 1.54) is 11.1 Å². The first-order valence-corrected chi connectivity index (χ1v) is 5.85. The van der Waals surface area contributed by atoms with Crippen LogP contribution >= 0.6 is 27.5 Å². The molecule has 1 aromatic rings. The summed E-state index contributed by atoms with van der Waals surface area (Å²) in [5.74, 6) is 1.20. The molecule has 13 heavy (non-hydrogen) atoms. The van der Waals surface area contributed by atoms with Crippen LogP contribution in [-0.4, -0.2) is 0 Å². The molecule has 1 atom stereocenters. The standard InChI is InChI=1S/C11H14BrCl/c1-3-8(2)10-4-9(7-13)5-11(12)6-10/h4-6,8H,3,7H2,1-2H3. The number of alkyl halides is 1. The molecule has 0 spiro atoms. The van der Waals surface area contributed by atoms with E-state index in [0.29, 0.717) is 11.8 Å². The van der Waals surface area contributed by atoms with Gasteiger partial charge in [0.05, 0.1) is 0 Å². The second-order valence-corrected chi connectivity index (χ2v) is 4.52. The molecule has 0 amide bonds. The molecule has 0 aliphatic heterocycles. The van der Waals surface area contributed by atoms with E-state index in [1.54, 1.807) is 0 Å². The van der Waals surface area contributed by atoms with E-state index in [9.17, 15) is 0 Å². The van der Waals surface area contributed by atoms with E-state index in [0.717, 1.165) is 10.9 Å². The fourth-order valence-corrected chi connectivity index (χ4v) is 1.99. The van der Waals surface area contributed by atoms with Crippen LogP contribution < -0.4 is 0 Å². The van der Waals surface area contributed by atoms with Gasteiger partial charge in [-0.1, -0.05) is 35.8 Å². The average molecular weight is 262 g/mol. The number of hydrogen-bond donors (Lipinski definition) is 0. The molecule has 1 aromatic carbocycles. The molecule has 0 radical (unpaired) electrons. The highest BCUT2D eigenvalue weighted by Gasteiger charge is 2.04. The summed E-state index contributed by atoms with van der Waals surface area (Å²) in [6, 6.07) is 6.43. The Morgan fingerprint density at radius 2 is 2.08 bits per heavy atom. The van der Waals surface area contributed by atoms with Crippen molar-refractivity contribution >= 4 is 27.5 Å². The largest absolute Gasteiger partial charge is 0.122 e. The second kappa shape index (κ2) is 5.02. The topological polar surface area (TPSA) is 0 Å². The van der Waals surface area contributed by atoms with Gasteiger partial charge in [-0.25, -0.2) is 0 Å². The Kier molecular flexibility index (Phi) is 4.27. The van der Waals surface area contributed by atoms with E-state index in [4.69, 9.17) is 11.6 Å². The predicted octanol–water partition coefficient (Wildman–Crippen LogP) is 4.70. The lowest BCUT2D eigenvalue weighted by atomic mass is 9.97. The molecule has 0 fully saturated rings. The minimum absolute atomic E-state index is 0.586. The molecule has 0 aliphatic rings. The molecule has 0 saturated carbocycles. The third-order valence-electron chi connectivity index (χ3n) is 2.32. The quantitative estimate of drug-likeness (QED) is 0.692. The van der Waals surface area contributed by atoms with Gasteiger partial charge in [0.15, 0.2) is 0 Å². The Morgan fingerprint density at radius 3 is 2.62 bits per heavy atom. The molecule has 0 nitrogen and oxygen atoms in total. The minimum Gasteiger partial charge on any atom is -0.122 e. The monoisotopic (exact) mass is 260 g/mol. The van der Waals surface area contributed by atoms with Crippen LogP contribution in [0.4, 0.5) is 0 Å². The second-order valence-electron chi connectivity index (χ2n) is 3.34. The van der Waals surface area contributed by atoms with Gasteiger partial charge < -0.3 is 0 Å². The van der Waals surface area contributed by atoms with Crippen molar-refractivity contribution in [3.8, 4) is 0 Å². The van der Waals surface area contributed by atoms with Crippen LogP contribution in [0, 0.1) is 0 Å².